The minimum Gasteiger partial charge on any atom is -0.462 e. The highest BCUT2D eigenvalue weighted by Gasteiger charge is 2.23. The summed E-state index contributed by atoms with van der Waals surface area (Å²) in [4.78, 5) is 11.7. The Morgan fingerprint density at radius 3 is 2.22 bits per heavy atom. The number of hydrogen-bond donors (Lipinski definition) is 1. The molecule has 0 aromatic heterocycles. The van der Waals surface area contributed by atoms with E-state index in [-0.39, 0.29) is 24.6 Å². The number of hydrogen-bond acceptors (Lipinski definition) is 3. The maximum atomic E-state index is 11.7. The van der Waals surface area contributed by atoms with Gasteiger partial charge in [-0.1, -0.05) is 46.5 Å². The standard InChI is InChI=1S/C15H30O3/c1-4-7-10-14(13(12-16)9-6-3)18-15(17)11-8-5-2/h13-14,16H,4-12H2,1-3H3. The number of rotatable bonds is 11. The van der Waals surface area contributed by atoms with Gasteiger partial charge in [0, 0.05) is 18.9 Å². The Hall–Kier alpha value is -0.570. The van der Waals surface area contributed by atoms with E-state index in [0.717, 1.165) is 44.9 Å². The predicted molar refractivity (Wildman–Crippen MR) is 74.4 cm³/mol. The smallest absolute Gasteiger partial charge is 0.306 e. The lowest BCUT2D eigenvalue weighted by Gasteiger charge is -2.25. The van der Waals surface area contributed by atoms with Gasteiger partial charge in [-0.3, -0.25) is 4.79 Å². The average Bonchev–Trinajstić information content (AvgIpc) is 2.38. The van der Waals surface area contributed by atoms with Gasteiger partial charge in [-0.2, -0.15) is 0 Å². The number of ether oxygens (including phenoxy) is 1. The zero-order chi connectivity index (χ0) is 13.8. The largest absolute Gasteiger partial charge is 0.462 e. The molecule has 18 heavy (non-hydrogen) atoms. The molecular formula is C15H30O3. The normalized spacial score (nSPS) is 14.2. The van der Waals surface area contributed by atoms with Crippen LogP contribution < -0.4 is 0 Å². The fourth-order valence-corrected chi connectivity index (χ4v) is 2.11. The molecule has 0 radical (unpaired) electrons. The molecule has 0 aromatic rings. The van der Waals surface area contributed by atoms with Crippen LogP contribution >= 0.6 is 0 Å². The molecule has 0 aliphatic heterocycles. The van der Waals surface area contributed by atoms with Crippen molar-refractivity contribution in [3.8, 4) is 0 Å². The minimum absolute atomic E-state index is 0.0979. The lowest BCUT2D eigenvalue weighted by atomic mass is 9.94. The summed E-state index contributed by atoms with van der Waals surface area (Å²) in [5.74, 6) is -0.000340. The van der Waals surface area contributed by atoms with Crippen molar-refractivity contribution in [2.75, 3.05) is 6.61 Å². The fraction of sp³-hybridized carbons (Fsp3) is 0.933. The third-order valence-corrected chi connectivity index (χ3v) is 3.28. The summed E-state index contributed by atoms with van der Waals surface area (Å²) in [5, 5.41) is 9.42. The molecule has 0 aliphatic rings. The van der Waals surface area contributed by atoms with Crippen LogP contribution in [0.4, 0.5) is 0 Å². The molecule has 0 aromatic carbocycles. The second-order valence-electron chi connectivity index (χ2n) is 5.01. The first-order chi connectivity index (χ1) is 8.69. The molecular weight excluding hydrogens is 228 g/mol. The van der Waals surface area contributed by atoms with Gasteiger partial charge in [-0.15, -0.1) is 0 Å². The highest BCUT2D eigenvalue weighted by atomic mass is 16.5. The van der Waals surface area contributed by atoms with Gasteiger partial charge in [0.05, 0.1) is 0 Å². The molecule has 0 fully saturated rings. The average molecular weight is 258 g/mol. The second kappa shape index (κ2) is 11.5. The first-order valence-corrected chi connectivity index (χ1v) is 7.49. The van der Waals surface area contributed by atoms with Crippen molar-refractivity contribution < 1.29 is 14.6 Å². The Bertz CT molecular complexity index is 204. The van der Waals surface area contributed by atoms with E-state index >= 15 is 0 Å². The van der Waals surface area contributed by atoms with Crippen molar-refractivity contribution in [1.82, 2.24) is 0 Å². The van der Waals surface area contributed by atoms with E-state index < -0.39 is 0 Å². The van der Waals surface area contributed by atoms with Gasteiger partial charge in [0.2, 0.25) is 0 Å². The molecule has 3 heteroatoms. The van der Waals surface area contributed by atoms with E-state index in [0.29, 0.717) is 6.42 Å². The summed E-state index contributed by atoms with van der Waals surface area (Å²) in [5.41, 5.74) is 0. The van der Waals surface area contributed by atoms with Gasteiger partial charge in [-0.05, 0) is 19.3 Å². The molecule has 0 saturated heterocycles. The van der Waals surface area contributed by atoms with Crippen molar-refractivity contribution in [1.29, 1.82) is 0 Å². The van der Waals surface area contributed by atoms with E-state index in [1.807, 2.05) is 0 Å². The topological polar surface area (TPSA) is 46.5 Å². The minimum atomic E-state index is -0.104. The zero-order valence-electron chi connectivity index (χ0n) is 12.3. The monoisotopic (exact) mass is 258 g/mol. The lowest BCUT2D eigenvalue weighted by molar-refractivity contribution is -0.153. The predicted octanol–water partition coefficient (Wildman–Crippen LogP) is 3.69. The first kappa shape index (κ1) is 17.4. The van der Waals surface area contributed by atoms with Crippen molar-refractivity contribution >= 4 is 5.97 Å². The summed E-state index contributed by atoms with van der Waals surface area (Å²) in [7, 11) is 0. The summed E-state index contributed by atoms with van der Waals surface area (Å²) < 4.78 is 5.56. The summed E-state index contributed by atoms with van der Waals surface area (Å²) >= 11 is 0. The summed E-state index contributed by atoms with van der Waals surface area (Å²) in [6.45, 7) is 6.40. The molecule has 1 N–H and O–H groups in total. The first-order valence-electron chi connectivity index (χ1n) is 7.49. The summed E-state index contributed by atoms with van der Waals surface area (Å²) in [6, 6.07) is 0. The SMILES string of the molecule is CCCCC(=O)OC(CCCC)C(CO)CCC. The fourth-order valence-electron chi connectivity index (χ4n) is 2.11. The Morgan fingerprint density at radius 2 is 1.72 bits per heavy atom. The van der Waals surface area contributed by atoms with Gasteiger partial charge >= 0.3 is 5.97 Å². The molecule has 0 bridgehead atoms. The van der Waals surface area contributed by atoms with Crippen LogP contribution in [0.25, 0.3) is 0 Å². The number of carbonyl (C=O) groups excluding carboxylic acids is 1. The van der Waals surface area contributed by atoms with E-state index in [1.165, 1.54) is 0 Å². The summed E-state index contributed by atoms with van der Waals surface area (Å²) in [6.07, 6.45) is 7.25. The highest BCUT2D eigenvalue weighted by molar-refractivity contribution is 5.69. The number of carbonyl (C=O) groups is 1. The molecule has 0 heterocycles. The molecule has 0 aliphatic carbocycles. The maximum Gasteiger partial charge on any atom is 0.306 e. The van der Waals surface area contributed by atoms with Crippen LogP contribution in [0.2, 0.25) is 0 Å². The Labute approximate surface area is 112 Å². The van der Waals surface area contributed by atoms with E-state index in [1.54, 1.807) is 0 Å². The van der Waals surface area contributed by atoms with E-state index in [9.17, 15) is 9.90 Å². The van der Waals surface area contributed by atoms with Gasteiger partial charge < -0.3 is 9.84 Å². The molecule has 0 amide bonds. The number of aliphatic hydroxyl groups excluding tert-OH is 1. The molecule has 0 spiro atoms. The highest BCUT2D eigenvalue weighted by Crippen LogP contribution is 2.20. The third kappa shape index (κ3) is 7.70. The van der Waals surface area contributed by atoms with Crippen molar-refractivity contribution in [2.45, 2.75) is 78.2 Å². The maximum absolute atomic E-state index is 11.7. The number of aliphatic hydroxyl groups is 1. The number of esters is 1. The van der Waals surface area contributed by atoms with Gasteiger partial charge in [0.1, 0.15) is 6.10 Å². The number of unbranched alkanes of at least 4 members (excludes halogenated alkanes) is 2. The quantitative estimate of drug-likeness (QED) is 0.575. The van der Waals surface area contributed by atoms with Crippen LogP contribution in [0.5, 0.6) is 0 Å². The van der Waals surface area contributed by atoms with Crippen molar-refractivity contribution in [3.05, 3.63) is 0 Å². The molecule has 2 unspecified atom stereocenters. The molecule has 3 nitrogen and oxygen atoms in total. The third-order valence-electron chi connectivity index (χ3n) is 3.28. The Morgan fingerprint density at radius 1 is 1.06 bits per heavy atom. The Balaban J connectivity index is 4.30. The van der Waals surface area contributed by atoms with Crippen LogP contribution in [0.1, 0.15) is 72.1 Å². The van der Waals surface area contributed by atoms with Crippen LogP contribution in [0.15, 0.2) is 0 Å². The van der Waals surface area contributed by atoms with Crippen molar-refractivity contribution in [3.63, 3.8) is 0 Å². The zero-order valence-corrected chi connectivity index (χ0v) is 12.3. The van der Waals surface area contributed by atoms with Crippen molar-refractivity contribution in [2.24, 2.45) is 5.92 Å². The van der Waals surface area contributed by atoms with Crippen LogP contribution in [0.3, 0.4) is 0 Å². The molecule has 0 rings (SSSR count). The van der Waals surface area contributed by atoms with Crippen LogP contribution in [-0.2, 0) is 9.53 Å². The van der Waals surface area contributed by atoms with Crippen LogP contribution in [0, 0.1) is 5.92 Å². The lowest BCUT2D eigenvalue weighted by Crippen LogP contribution is -2.29. The molecule has 2 atom stereocenters. The second-order valence-corrected chi connectivity index (χ2v) is 5.01. The van der Waals surface area contributed by atoms with Gasteiger partial charge in [-0.25, -0.2) is 0 Å². The van der Waals surface area contributed by atoms with E-state index in [2.05, 4.69) is 20.8 Å². The van der Waals surface area contributed by atoms with Gasteiger partial charge in [0.25, 0.3) is 0 Å². The van der Waals surface area contributed by atoms with Gasteiger partial charge in [0.15, 0.2) is 0 Å². The molecule has 0 saturated carbocycles. The Kier molecular flexibility index (Phi) is 11.2. The molecule has 108 valence electrons. The van der Waals surface area contributed by atoms with E-state index in [4.69, 9.17) is 4.74 Å². The van der Waals surface area contributed by atoms with Crippen LogP contribution in [-0.4, -0.2) is 23.8 Å².